The minimum Gasteiger partial charge on any atom is -0.376 e. The number of aliphatic hydroxyl groups excluding tert-OH is 1. The second-order valence-electron chi connectivity index (χ2n) is 7.34. The van der Waals surface area contributed by atoms with E-state index in [1.807, 2.05) is 32.0 Å². The highest BCUT2D eigenvalue weighted by atomic mass is 32.2. The molecule has 8 heteroatoms. The second kappa shape index (κ2) is 10.4. The molecule has 3 N–H and O–H groups in total. The van der Waals surface area contributed by atoms with Gasteiger partial charge in [0.15, 0.2) is 0 Å². The van der Waals surface area contributed by atoms with E-state index in [1.165, 1.54) is 25.7 Å². The lowest BCUT2D eigenvalue weighted by atomic mass is 9.86. The molecule has 156 valence electrons. The van der Waals surface area contributed by atoms with E-state index < -0.39 is 0 Å². The number of aromatic nitrogens is 3. The lowest BCUT2D eigenvalue weighted by molar-refractivity contribution is 0.0524. The molecule has 2 aromatic rings. The molecular formula is C20H34N6OS. The van der Waals surface area contributed by atoms with Gasteiger partial charge in [-0.25, -0.2) is 14.3 Å². The van der Waals surface area contributed by atoms with Crippen LogP contribution in [-0.2, 0) is 0 Å². The first kappa shape index (κ1) is 21.4. The summed E-state index contributed by atoms with van der Waals surface area (Å²) in [6.07, 6.45) is 8.10. The van der Waals surface area contributed by atoms with Gasteiger partial charge in [0.05, 0.1) is 5.39 Å². The number of hydrogen-bond acceptors (Lipinski definition) is 7. The van der Waals surface area contributed by atoms with E-state index in [-0.39, 0.29) is 6.23 Å². The van der Waals surface area contributed by atoms with Gasteiger partial charge in [-0.3, -0.25) is 0 Å². The minimum absolute atomic E-state index is 0.349. The Morgan fingerprint density at radius 3 is 2.79 bits per heavy atom. The number of aromatic amines is 1. The van der Waals surface area contributed by atoms with Gasteiger partial charge in [-0.05, 0) is 37.7 Å². The van der Waals surface area contributed by atoms with Gasteiger partial charge in [0.2, 0.25) is 0 Å². The Morgan fingerprint density at radius 2 is 2.04 bits per heavy atom. The first-order valence-corrected chi connectivity index (χ1v) is 11.5. The predicted molar refractivity (Wildman–Crippen MR) is 117 cm³/mol. The zero-order valence-corrected chi connectivity index (χ0v) is 18.1. The van der Waals surface area contributed by atoms with Gasteiger partial charge >= 0.3 is 0 Å². The number of piperazine rings is 1. The summed E-state index contributed by atoms with van der Waals surface area (Å²) in [5.41, 5.74) is 0.904. The molecule has 7 nitrogen and oxygen atoms in total. The van der Waals surface area contributed by atoms with Gasteiger partial charge in [-0.2, -0.15) is 0 Å². The Kier molecular flexibility index (Phi) is 7.96. The molecule has 1 aliphatic heterocycles. The van der Waals surface area contributed by atoms with E-state index in [1.54, 1.807) is 6.33 Å². The van der Waals surface area contributed by atoms with Crippen molar-refractivity contribution in [2.24, 2.45) is 5.92 Å². The highest BCUT2D eigenvalue weighted by Crippen LogP contribution is 2.33. The molecule has 0 amide bonds. The quantitative estimate of drug-likeness (QED) is 0.659. The second-order valence-corrected chi connectivity index (χ2v) is 8.40. The topological polar surface area (TPSA) is 80.3 Å². The van der Waals surface area contributed by atoms with E-state index in [4.69, 9.17) is 0 Å². The zero-order chi connectivity index (χ0) is 19.9. The number of β-amino-alcohol motifs (C(OH)–C–C–N with tert-alkyl or cyclic N) is 1. The average molecular weight is 407 g/mol. The van der Waals surface area contributed by atoms with Gasteiger partial charge in [-0.1, -0.05) is 25.8 Å². The number of anilines is 1. The summed E-state index contributed by atoms with van der Waals surface area (Å²) in [6.45, 7) is 6.57. The average Bonchev–Trinajstić information content (AvgIpc) is 3.23. The Balaban J connectivity index is 0.00000109. The fourth-order valence-corrected chi connectivity index (χ4v) is 5.24. The third-order valence-corrected chi connectivity index (χ3v) is 7.05. The van der Waals surface area contributed by atoms with Gasteiger partial charge in [0.1, 0.15) is 24.0 Å². The first-order chi connectivity index (χ1) is 13.7. The Morgan fingerprint density at radius 1 is 1.25 bits per heavy atom. The maximum absolute atomic E-state index is 10.0. The van der Waals surface area contributed by atoms with Crippen LogP contribution in [0.25, 0.3) is 11.0 Å². The van der Waals surface area contributed by atoms with E-state index in [2.05, 4.69) is 42.6 Å². The van der Waals surface area contributed by atoms with E-state index in [0.29, 0.717) is 12.6 Å². The summed E-state index contributed by atoms with van der Waals surface area (Å²) in [5, 5.41) is 14.4. The van der Waals surface area contributed by atoms with Crippen molar-refractivity contribution in [1.29, 1.82) is 0 Å². The molecule has 1 atom stereocenters. The van der Waals surface area contributed by atoms with Crippen LogP contribution in [0.15, 0.2) is 18.6 Å². The molecule has 1 aliphatic carbocycles. The number of hydrogen-bond donors (Lipinski definition) is 3. The minimum atomic E-state index is -0.349. The maximum Gasteiger partial charge on any atom is 0.142 e. The van der Waals surface area contributed by atoms with Crippen LogP contribution < -0.4 is 10.2 Å². The third kappa shape index (κ3) is 4.97. The van der Waals surface area contributed by atoms with Gasteiger partial charge < -0.3 is 20.3 Å². The van der Waals surface area contributed by atoms with Crippen molar-refractivity contribution in [2.45, 2.75) is 51.8 Å². The lowest BCUT2D eigenvalue weighted by Crippen LogP contribution is -2.48. The molecule has 3 heterocycles. The predicted octanol–water partition coefficient (Wildman–Crippen LogP) is 2.85. The van der Waals surface area contributed by atoms with Crippen molar-refractivity contribution in [2.75, 3.05) is 37.3 Å². The van der Waals surface area contributed by atoms with Crippen LogP contribution in [0.5, 0.6) is 0 Å². The summed E-state index contributed by atoms with van der Waals surface area (Å²) in [7, 11) is 2.16. The number of fused-ring (bicyclic) bond motifs is 1. The maximum atomic E-state index is 10.0. The summed E-state index contributed by atoms with van der Waals surface area (Å²) in [6, 6.07) is 2.59. The Hall–Kier alpha value is -1.35. The van der Waals surface area contributed by atoms with Crippen LogP contribution >= 0.6 is 11.9 Å². The van der Waals surface area contributed by atoms with Crippen LogP contribution in [0.1, 0.15) is 39.5 Å². The van der Waals surface area contributed by atoms with Crippen LogP contribution in [-0.4, -0.2) is 69.1 Å². The fraction of sp³-hybridized carbons (Fsp3) is 0.700. The molecule has 1 unspecified atom stereocenters. The number of rotatable bonds is 5. The molecule has 28 heavy (non-hydrogen) atoms. The van der Waals surface area contributed by atoms with Gasteiger partial charge in [0, 0.05) is 44.7 Å². The third-order valence-electron chi connectivity index (χ3n) is 5.68. The van der Waals surface area contributed by atoms with Crippen molar-refractivity contribution >= 4 is 28.8 Å². The molecule has 2 aliphatic rings. The normalized spacial score (nSPS) is 25.9. The van der Waals surface area contributed by atoms with Gasteiger partial charge in [-0.15, -0.1) is 0 Å². The van der Waals surface area contributed by atoms with Crippen molar-refractivity contribution in [1.82, 2.24) is 24.6 Å². The van der Waals surface area contributed by atoms with Crippen molar-refractivity contribution in [3.05, 3.63) is 18.6 Å². The first-order valence-electron chi connectivity index (χ1n) is 10.5. The van der Waals surface area contributed by atoms with Crippen molar-refractivity contribution < 1.29 is 5.11 Å². The highest BCUT2D eigenvalue weighted by Gasteiger charge is 2.27. The van der Waals surface area contributed by atoms with E-state index >= 15 is 0 Å². The molecule has 4 rings (SSSR count). The van der Waals surface area contributed by atoms with Gasteiger partial charge in [0.25, 0.3) is 0 Å². The molecule has 1 saturated heterocycles. The molecule has 0 spiro atoms. The standard InChI is InChI=1S/C18H28N6OS.C2H6/c1-23(18-15-6-7-20-17(15)21-12-22-18)14-4-2-13(3-5-14)11-26-24-9-8-19-10-16(24)25;1-2/h6-7,12-14,16,19,25H,2-5,8-11H2,1H3,(H,20,21,22);1-2H3. The van der Waals surface area contributed by atoms with Crippen molar-refractivity contribution in [3.8, 4) is 0 Å². The van der Waals surface area contributed by atoms with Crippen LogP contribution in [0.4, 0.5) is 5.82 Å². The number of nitrogens with one attached hydrogen (secondary N) is 2. The smallest absolute Gasteiger partial charge is 0.142 e. The molecule has 2 fully saturated rings. The van der Waals surface area contributed by atoms with E-state index in [9.17, 15) is 5.11 Å². The SMILES string of the molecule is CC.CN(c1ncnc2[nH]ccc12)C1CCC(CSN2CCNCC2O)CC1. The Labute approximate surface area is 172 Å². The molecule has 0 bridgehead atoms. The summed E-state index contributed by atoms with van der Waals surface area (Å²) < 4.78 is 2.14. The molecule has 0 aromatic carbocycles. The molecule has 0 radical (unpaired) electrons. The fourth-order valence-electron chi connectivity index (χ4n) is 4.03. The van der Waals surface area contributed by atoms with Crippen LogP contribution in [0.2, 0.25) is 0 Å². The molecule has 2 aromatic heterocycles. The monoisotopic (exact) mass is 406 g/mol. The Bertz CT molecular complexity index is 718. The largest absolute Gasteiger partial charge is 0.376 e. The number of nitrogens with zero attached hydrogens (tertiary/aromatic N) is 4. The number of aliphatic hydroxyl groups is 1. The van der Waals surface area contributed by atoms with Crippen molar-refractivity contribution in [3.63, 3.8) is 0 Å². The summed E-state index contributed by atoms with van der Waals surface area (Å²) in [4.78, 5) is 14.3. The molecular weight excluding hydrogens is 372 g/mol. The summed E-state index contributed by atoms with van der Waals surface area (Å²) in [5.74, 6) is 2.88. The highest BCUT2D eigenvalue weighted by molar-refractivity contribution is 7.97. The van der Waals surface area contributed by atoms with Crippen LogP contribution in [0, 0.1) is 5.92 Å². The van der Waals surface area contributed by atoms with E-state index in [0.717, 1.165) is 41.6 Å². The zero-order valence-electron chi connectivity index (χ0n) is 17.3. The molecule has 1 saturated carbocycles. The number of H-pyrrole nitrogens is 1. The summed E-state index contributed by atoms with van der Waals surface area (Å²) >= 11 is 1.83. The van der Waals surface area contributed by atoms with Crippen LogP contribution in [0.3, 0.4) is 0 Å². The lowest BCUT2D eigenvalue weighted by Gasteiger charge is -2.37.